The van der Waals surface area contributed by atoms with E-state index in [1.54, 1.807) is 6.92 Å². The van der Waals surface area contributed by atoms with Crippen molar-refractivity contribution in [1.29, 1.82) is 0 Å². The van der Waals surface area contributed by atoms with E-state index in [0.29, 0.717) is 6.42 Å². The second-order valence-electron chi connectivity index (χ2n) is 3.77. The zero-order chi connectivity index (χ0) is 9.68. The van der Waals surface area contributed by atoms with E-state index >= 15 is 0 Å². The van der Waals surface area contributed by atoms with Crippen molar-refractivity contribution in [3.8, 4) is 0 Å². The molecule has 0 aromatic heterocycles. The highest BCUT2D eigenvalue weighted by molar-refractivity contribution is 5.75. The van der Waals surface area contributed by atoms with Gasteiger partial charge in [-0.2, -0.15) is 0 Å². The first kappa shape index (κ1) is 10.4. The lowest BCUT2D eigenvalue weighted by Crippen LogP contribution is -2.35. The summed E-state index contributed by atoms with van der Waals surface area (Å²) < 4.78 is 0. The maximum Gasteiger partial charge on any atom is 0.131 e. The molecule has 74 valence electrons. The standard InChI is InChI=1S/C10H17NO2/c1-9(13)2-5-11-6-3-10(8-12)4-7-11/h8,10H,2-7H2,1H3. The normalized spacial score (nSPS) is 20.1. The van der Waals surface area contributed by atoms with Crippen LogP contribution in [0.1, 0.15) is 26.2 Å². The number of ketones is 1. The number of carbonyl (C=O) groups excluding carboxylic acids is 2. The molecule has 0 atom stereocenters. The van der Waals surface area contributed by atoms with Gasteiger partial charge in [-0.25, -0.2) is 0 Å². The minimum atomic E-state index is 0.248. The van der Waals surface area contributed by atoms with Crippen molar-refractivity contribution in [2.24, 2.45) is 5.92 Å². The van der Waals surface area contributed by atoms with E-state index in [2.05, 4.69) is 4.90 Å². The number of hydrogen-bond donors (Lipinski definition) is 0. The number of likely N-dealkylation sites (tertiary alicyclic amines) is 1. The zero-order valence-electron chi connectivity index (χ0n) is 8.16. The molecule has 0 aromatic rings. The van der Waals surface area contributed by atoms with Crippen molar-refractivity contribution >= 4 is 12.1 Å². The molecular weight excluding hydrogens is 166 g/mol. The summed E-state index contributed by atoms with van der Waals surface area (Å²) in [5.41, 5.74) is 0. The molecule has 0 N–H and O–H groups in total. The minimum Gasteiger partial charge on any atom is -0.303 e. The number of rotatable bonds is 4. The van der Waals surface area contributed by atoms with Crippen LogP contribution in [0.4, 0.5) is 0 Å². The van der Waals surface area contributed by atoms with Gasteiger partial charge in [-0.1, -0.05) is 0 Å². The van der Waals surface area contributed by atoms with Gasteiger partial charge in [-0.05, 0) is 32.9 Å². The van der Waals surface area contributed by atoms with Crippen molar-refractivity contribution in [2.75, 3.05) is 19.6 Å². The third kappa shape index (κ3) is 3.68. The lowest BCUT2D eigenvalue weighted by molar-refractivity contribution is -0.117. The molecule has 1 heterocycles. The van der Waals surface area contributed by atoms with Crippen molar-refractivity contribution in [2.45, 2.75) is 26.2 Å². The number of carbonyl (C=O) groups is 2. The van der Waals surface area contributed by atoms with Crippen molar-refractivity contribution in [1.82, 2.24) is 4.90 Å². The van der Waals surface area contributed by atoms with Gasteiger partial charge in [-0.15, -0.1) is 0 Å². The number of hydrogen-bond acceptors (Lipinski definition) is 3. The molecule has 0 radical (unpaired) electrons. The SMILES string of the molecule is CC(=O)CCN1CCC(C=O)CC1. The van der Waals surface area contributed by atoms with Gasteiger partial charge in [0.25, 0.3) is 0 Å². The zero-order valence-corrected chi connectivity index (χ0v) is 8.16. The molecule has 1 aliphatic rings. The maximum absolute atomic E-state index is 10.7. The predicted molar refractivity (Wildman–Crippen MR) is 50.5 cm³/mol. The van der Waals surface area contributed by atoms with Crippen LogP contribution in [0.25, 0.3) is 0 Å². The maximum atomic E-state index is 10.7. The van der Waals surface area contributed by atoms with Crippen LogP contribution in [0, 0.1) is 5.92 Å². The summed E-state index contributed by atoms with van der Waals surface area (Å²) in [7, 11) is 0. The van der Waals surface area contributed by atoms with Gasteiger partial charge in [0.2, 0.25) is 0 Å². The number of Topliss-reactive ketones (excluding diaryl/α,β-unsaturated/α-hetero) is 1. The third-order valence-corrected chi connectivity index (χ3v) is 2.60. The summed E-state index contributed by atoms with van der Waals surface area (Å²) in [6.45, 7) is 4.42. The third-order valence-electron chi connectivity index (χ3n) is 2.60. The molecule has 13 heavy (non-hydrogen) atoms. The molecule has 0 bridgehead atoms. The van der Waals surface area contributed by atoms with E-state index in [4.69, 9.17) is 0 Å². The Morgan fingerprint density at radius 1 is 1.46 bits per heavy atom. The van der Waals surface area contributed by atoms with Crippen LogP contribution in [0.2, 0.25) is 0 Å². The second kappa shape index (κ2) is 5.12. The Hall–Kier alpha value is -0.700. The summed E-state index contributed by atoms with van der Waals surface area (Å²) in [4.78, 5) is 23.4. The Balaban J connectivity index is 2.17. The average Bonchev–Trinajstić information content (AvgIpc) is 2.15. The van der Waals surface area contributed by atoms with Gasteiger partial charge in [0.1, 0.15) is 12.1 Å². The molecule has 0 aromatic carbocycles. The number of aldehydes is 1. The molecule has 1 aliphatic heterocycles. The monoisotopic (exact) mass is 183 g/mol. The molecule has 3 heteroatoms. The second-order valence-corrected chi connectivity index (χ2v) is 3.77. The van der Waals surface area contributed by atoms with Crippen LogP contribution in [-0.4, -0.2) is 36.6 Å². The van der Waals surface area contributed by atoms with E-state index < -0.39 is 0 Å². The fourth-order valence-electron chi connectivity index (χ4n) is 1.63. The smallest absolute Gasteiger partial charge is 0.131 e. The molecule has 0 amide bonds. The number of nitrogens with zero attached hydrogens (tertiary/aromatic N) is 1. The fraction of sp³-hybridized carbons (Fsp3) is 0.800. The Kier molecular flexibility index (Phi) is 4.09. The van der Waals surface area contributed by atoms with Gasteiger partial charge in [0.05, 0.1) is 0 Å². The minimum absolute atomic E-state index is 0.248. The van der Waals surface area contributed by atoms with Crippen LogP contribution in [0.5, 0.6) is 0 Å². The van der Waals surface area contributed by atoms with Gasteiger partial charge >= 0.3 is 0 Å². The van der Waals surface area contributed by atoms with Crippen LogP contribution in [-0.2, 0) is 9.59 Å². The summed E-state index contributed by atoms with van der Waals surface area (Å²) >= 11 is 0. The van der Waals surface area contributed by atoms with E-state index in [1.165, 1.54) is 0 Å². The first-order valence-corrected chi connectivity index (χ1v) is 4.89. The van der Waals surface area contributed by atoms with Crippen LogP contribution in [0.15, 0.2) is 0 Å². The van der Waals surface area contributed by atoms with Gasteiger partial charge in [0, 0.05) is 18.9 Å². The average molecular weight is 183 g/mol. The first-order valence-electron chi connectivity index (χ1n) is 4.89. The van der Waals surface area contributed by atoms with Crippen LogP contribution in [0.3, 0.4) is 0 Å². The topological polar surface area (TPSA) is 37.4 Å². The summed E-state index contributed by atoms with van der Waals surface area (Å²) in [5.74, 6) is 0.506. The summed E-state index contributed by atoms with van der Waals surface area (Å²) in [5, 5.41) is 0. The van der Waals surface area contributed by atoms with Crippen molar-refractivity contribution < 1.29 is 9.59 Å². The van der Waals surface area contributed by atoms with E-state index in [1.807, 2.05) is 0 Å². The Morgan fingerprint density at radius 2 is 2.08 bits per heavy atom. The van der Waals surface area contributed by atoms with Crippen molar-refractivity contribution in [3.05, 3.63) is 0 Å². The fourth-order valence-corrected chi connectivity index (χ4v) is 1.63. The molecule has 1 rings (SSSR count). The van der Waals surface area contributed by atoms with Crippen LogP contribution >= 0.6 is 0 Å². The lowest BCUT2D eigenvalue weighted by Gasteiger charge is -2.29. The lowest BCUT2D eigenvalue weighted by atomic mass is 9.98. The van der Waals surface area contributed by atoms with Crippen LogP contribution < -0.4 is 0 Å². The van der Waals surface area contributed by atoms with Gasteiger partial charge in [-0.3, -0.25) is 4.79 Å². The molecule has 0 saturated carbocycles. The molecule has 0 aliphatic carbocycles. The molecule has 0 unspecified atom stereocenters. The highest BCUT2D eigenvalue weighted by atomic mass is 16.1. The Bertz CT molecular complexity index is 183. The Morgan fingerprint density at radius 3 is 2.54 bits per heavy atom. The first-order chi connectivity index (χ1) is 6.22. The summed E-state index contributed by atoms with van der Waals surface area (Å²) in [6.07, 6.45) is 3.62. The largest absolute Gasteiger partial charge is 0.303 e. The summed E-state index contributed by atoms with van der Waals surface area (Å²) in [6, 6.07) is 0. The molecule has 3 nitrogen and oxygen atoms in total. The van der Waals surface area contributed by atoms with Crippen molar-refractivity contribution in [3.63, 3.8) is 0 Å². The highest BCUT2D eigenvalue weighted by Gasteiger charge is 2.17. The molecule has 1 saturated heterocycles. The molecule has 1 fully saturated rings. The van der Waals surface area contributed by atoms with E-state index in [-0.39, 0.29) is 11.7 Å². The highest BCUT2D eigenvalue weighted by Crippen LogP contribution is 2.14. The number of piperidine rings is 1. The van der Waals surface area contributed by atoms with E-state index in [0.717, 1.165) is 38.8 Å². The molecular formula is C10H17NO2. The quantitative estimate of drug-likeness (QED) is 0.607. The van der Waals surface area contributed by atoms with Gasteiger partial charge < -0.3 is 9.69 Å². The predicted octanol–water partition coefficient (Wildman–Crippen LogP) is 0.876. The van der Waals surface area contributed by atoms with E-state index in [9.17, 15) is 9.59 Å². The Labute approximate surface area is 79.1 Å². The van der Waals surface area contributed by atoms with Gasteiger partial charge in [0.15, 0.2) is 0 Å². The molecule has 0 spiro atoms.